The summed E-state index contributed by atoms with van der Waals surface area (Å²) in [7, 11) is 2.14. The molecule has 0 radical (unpaired) electrons. The van der Waals surface area contributed by atoms with Gasteiger partial charge in [-0.05, 0) is 6.07 Å². The Morgan fingerprint density at radius 2 is 1.64 bits per heavy atom. The van der Waals surface area contributed by atoms with E-state index in [0.29, 0.717) is 0 Å². The van der Waals surface area contributed by atoms with E-state index < -0.39 is 0 Å². The first-order chi connectivity index (χ1) is 6.84. The maximum absolute atomic E-state index is 2.26. The van der Waals surface area contributed by atoms with E-state index >= 15 is 0 Å². The van der Waals surface area contributed by atoms with Crippen LogP contribution in [0.1, 0.15) is 0 Å². The van der Waals surface area contributed by atoms with Crippen LogP contribution in [0, 0.1) is 0 Å². The SMILES string of the molecule is Bc1ccc2c(c1)sc1ccccc12. The maximum atomic E-state index is 2.26. The first kappa shape index (κ1) is 8.07. The molecule has 0 unspecified atom stereocenters. The number of benzene rings is 2. The van der Waals surface area contributed by atoms with E-state index in [1.165, 1.54) is 25.6 Å². The van der Waals surface area contributed by atoms with E-state index in [9.17, 15) is 0 Å². The van der Waals surface area contributed by atoms with Gasteiger partial charge in [0.1, 0.15) is 7.85 Å². The van der Waals surface area contributed by atoms with Gasteiger partial charge < -0.3 is 0 Å². The molecule has 0 aliphatic heterocycles. The Bertz CT molecular complexity index is 610. The molecule has 0 amide bonds. The molecule has 2 aromatic carbocycles. The van der Waals surface area contributed by atoms with Crippen LogP contribution in [0.25, 0.3) is 20.2 Å². The molecular formula is C12H9BS. The van der Waals surface area contributed by atoms with Crippen LogP contribution in [-0.4, -0.2) is 7.85 Å². The van der Waals surface area contributed by atoms with E-state index in [-0.39, 0.29) is 0 Å². The van der Waals surface area contributed by atoms with Crippen LogP contribution in [0.5, 0.6) is 0 Å². The molecule has 0 atom stereocenters. The third-order valence-electron chi connectivity index (χ3n) is 2.53. The van der Waals surface area contributed by atoms with Crippen molar-refractivity contribution in [2.75, 3.05) is 0 Å². The number of hydrogen-bond donors (Lipinski definition) is 0. The molecular weight excluding hydrogens is 187 g/mol. The number of thiophene rings is 1. The van der Waals surface area contributed by atoms with E-state index in [1.54, 1.807) is 0 Å². The molecule has 0 fully saturated rings. The van der Waals surface area contributed by atoms with Gasteiger partial charge in [-0.1, -0.05) is 41.9 Å². The zero-order valence-electron chi connectivity index (χ0n) is 7.95. The quantitative estimate of drug-likeness (QED) is 0.484. The molecule has 3 aromatic rings. The van der Waals surface area contributed by atoms with Crippen molar-refractivity contribution < 1.29 is 0 Å². The van der Waals surface area contributed by atoms with Crippen molar-refractivity contribution in [2.45, 2.75) is 0 Å². The van der Waals surface area contributed by atoms with Gasteiger partial charge in [0.25, 0.3) is 0 Å². The molecule has 1 aromatic heterocycles. The van der Waals surface area contributed by atoms with Crippen molar-refractivity contribution in [3.8, 4) is 0 Å². The molecule has 66 valence electrons. The van der Waals surface area contributed by atoms with Gasteiger partial charge in [-0.3, -0.25) is 0 Å². The monoisotopic (exact) mass is 196 g/mol. The fraction of sp³-hybridized carbons (Fsp3) is 0. The van der Waals surface area contributed by atoms with E-state index in [4.69, 9.17) is 0 Å². The van der Waals surface area contributed by atoms with Crippen molar-refractivity contribution in [2.24, 2.45) is 0 Å². The highest BCUT2D eigenvalue weighted by Gasteiger charge is 2.02. The molecule has 0 aliphatic rings. The van der Waals surface area contributed by atoms with Crippen LogP contribution in [0.4, 0.5) is 0 Å². The Hall–Kier alpha value is -1.28. The number of hydrogen-bond acceptors (Lipinski definition) is 1. The summed E-state index contributed by atoms with van der Waals surface area (Å²) in [6.07, 6.45) is 0. The lowest BCUT2D eigenvalue weighted by atomic mass is 9.95. The Labute approximate surface area is 87.6 Å². The lowest BCUT2D eigenvalue weighted by Crippen LogP contribution is -1.98. The summed E-state index contributed by atoms with van der Waals surface area (Å²) in [4.78, 5) is 0. The zero-order valence-corrected chi connectivity index (χ0v) is 8.77. The first-order valence-electron chi connectivity index (χ1n) is 4.72. The highest BCUT2D eigenvalue weighted by atomic mass is 32.1. The normalized spacial score (nSPS) is 11.1. The maximum Gasteiger partial charge on any atom is 0.139 e. The Kier molecular flexibility index (Phi) is 1.65. The third-order valence-corrected chi connectivity index (χ3v) is 3.67. The van der Waals surface area contributed by atoms with Crippen LogP contribution < -0.4 is 5.46 Å². The van der Waals surface area contributed by atoms with Crippen molar-refractivity contribution in [3.63, 3.8) is 0 Å². The molecule has 1 heterocycles. The number of fused-ring (bicyclic) bond motifs is 3. The van der Waals surface area contributed by atoms with Crippen molar-refractivity contribution in [3.05, 3.63) is 42.5 Å². The van der Waals surface area contributed by atoms with Crippen LogP contribution in [0.3, 0.4) is 0 Å². The third kappa shape index (κ3) is 1.07. The van der Waals surface area contributed by atoms with E-state index in [2.05, 4.69) is 50.3 Å². The first-order valence-corrected chi connectivity index (χ1v) is 5.54. The van der Waals surface area contributed by atoms with Gasteiger partial charge in [-0.15, -0.1) is 11.3 Å². The Morgan fingerprint density at radius 1 is 0.857 bits per heavy atom. The van der Waals surface area contributed by atoms with Crippen LogP contribution >= 0.6 is 11.3 Å². The molecule has 0 saturated carbocycles. The van der Waals surface area contributed by atoms with E-state index in [1.807, 2.05) is 11.3 Å². The van der Waals surface area contributed by atoms with Crippen LogP contribution in [-0.2, 0) is 0 Å². The summed E-state index contributed by atoms with van der Waals surface area (Å²) >= 11 is 1.88. The molecule has 0 bridgehead atoms. The minimum absolute atomic E-state index is 1.34. The average Bonchev–Trinajstić information content (AvgIpc) is 2.54. The summed E-state index contributed by atoms with van der Waals surface area (Å²) < 4.78 is 2.78. The summed E-state index contributed by atoms with van der Waals surface area (Å²) in [5.74, 6) is 0. The molecule has 0 spiro atoms. The topological polar surface area (TPSA) is 0 Å². The number of rotatable bonds is 0. The van der Waals surface area contributed by atoms with Gasteiger partial charge in [0.15, 0.2) is 0 Å². The van der Waals surface area contributed by atoms with Gasteiger partial charge in [0.05, 0.1) is 0 Å². The van der Waals surface area contributed by atoms with Crippen molar-refractivity contribution in [1.29, 1.82) is 0 Å². The fourth-order valence-electron chi connectivity index (χ4n) is 1.83. The molecule has 0 saturated heterocycles. The second-order valence-electron chi connectivity index (χ2n) is 3.60. The lowest BCUT2D eigenvalue weighted by molar-refractivity contribution is 1.86. The highest BCUT2D eigenvalue weighted by molar-refractivity contribution is 7.25. The van der Waals surface area contributed by atoms with Crippen molar-refractivity contribution in [1.82, 2.24) is 0 Å². The largest absolute Gasteiger partial charge is 0.139 e. The van der Waals surface area contributed by atoms with Gasteiger partial charge in [0.2, 0.25) is 0 Å². The summed E-state index contributed by atoms with van der Waals surface area (Å²) in [6, 6.07) is 15.3. The smallest absolute Gasteiger partial charge is 0.135 e. The van der Waals surface area contributed by atoms with E-state index in [0.717, 1.165) is 0 Å². The van der Waals surface area contributed by atoms with Gasteiger partial charge >= 0.3 is 0 Å². The second kappa shape index (κ2) is 2.86. The summed E-state index contributed by atoms with van der Waals surface area (Å²) in [6.45, 7) is 0. The average molecular weight is 196 g/mol. The lowest BCUT2D eigenvalue weighted by Gasteiger charge is -1.92. The predicted molar refractivity (Wildman–Crippen MR) is 67.5 cm³/mol. The van der Waals surface area contributed by atoms with Crippen molar-refractivity contribution >= 4 is 44.8 Å². The molecule has 0 aliphatic carbocycles. The standard InChI is InChI=1S/C12H9BS/c13-8-5-6-10-9-3-1-2-4-11(9)14-12(10)7-8/h1-7H,13H2. The molecule has 0 nitrogen and oxygen atoms in total. The minimum atomic E-state index is 1.34. The molecule has 14 heavy (non-hydrogen) atoms. The summed E-state index contributed by atoms with van der Waals surface area (Å²) in [5, 5.41) is 2.77. The minimum Gasteiger partial charge on any atom is -0.135 e. The molecule has 0 N–H and O–H groups in total. The van der Waals surface area contributed by atoms with Crippen LogP contribution in [0.15, 0.2) is 42.5 Å². The van der Waals surface area contributed by atoms with Crippen LogP contribution in [0.2, 0.25) is 0 Å². The summed E-state index contributed by atoms with van der Waals surface area (Å²) in [5.41, 5.74) is 1.34. The fourth-order valence-corrected chi connectivity index (χ4v) is 3.04. The Morgan fingerprint density at radius 3 is 2.57 bits per heavy atom. The Balaban J connectivity index is 2.57. The highest BCUT2D eigenvalue weighted by Crippen LogP contribution is 2.32. The van der Waals surface area contributed by atoms with Gasteiger partial charge in [-0.25, -0.2) is 0 Å². The second-order valence-corrected chi connectivity index (χ2v) is 4.68. The zero-order chi connectivity index (χ0) is 9.54. The van der Waals surface area contributed by atoms with Gasteiger partial charge in [-0.2, -0.15) is 0 Å². The van der Waals surface area contributed by atoms with Gasteiger partial charge in [0, 0.05) is 20.2 Å². The molecule has 2 heteroatoms. The predicted octanol–water partition coefficient (Wildman–Crippen LogP) is 2.31. The molecule has 3 rings (SSSR count).